The summed E-state index contributed by atoms with van der Waals surface area (Å²) in [4.78, 5) is 11.1. The van der Waals surface area contributed by atoms with Crippen molar-refractivity contribution < 1.29 is 22.3 Å². The van der Waals surface area contributed by atoms with E-state index >= 15 is 0 Å². The highest BCUT2D eigenvalue weighted by molar-refractivity contribution is 7.89. The number of hydrogen-bond acceptors (Lipinski definition) is 4. The first-order chi connectivity index (χ1) is 8.34. The Morgan fingerprint density at radius 2 is 2.17 bits per heavy atom. The van der Waals surface area contributed by atoms with E-state index < -0.39 is 21.7 Å². The van der Waals surface area contributed by atoms with E-state index in [0.29, 0.717) is 0 Å². The Bertz CT molecular complexity index is 545. The maximum absolute atomic E-state index is 13.4. The molecule has 6 nitrogen and oxygen atoms in total. The molecule has 1 aromatic carbocycles. The molecule has 0 fully saturated rings. The Hall–Kier alpha value is -1.51. The lowest BCUT2D eigenvalue weighted by Gasteiger charge is -2.07. The quantitative estimate of drug-likeness (QED) is 0.815. The second kappa shape index (κ2) is 5.89. The van der Waals surface area contributed by atoms with E-state index in [2.05, 4.69) is 10.1 Å². The largest absolute Gasteiger partial charge is 0.384 e. The van der Waals surface area contributed by atoms with Crippen molar-refractivity contribution in [2.24, 2.45) is 5.14 Å². The first kappa shape index (κ1) is 14.6. The van der Waals surface area contributed by atoms with E-state index in [1.165, 1.54) is 7.11 Å². The van der Waals surface area contributed by atoms with E-state index in [1.807, 2.05) is 0 Å². The SMILES string of the molecule is COCCC(=O)Nc1cc(S(N)(=O)=O)ccc1F. The molecule has 0 bridgehead atoms. The van der Waals surface area contributed by atoms with Crippen LogP contribution < -0.4 is 10.5 Å². The van der Waals surface area contributed by atoms with Gasteiger partial charge in [0, 0.05) is 7.11 Å². The summed E-state index contributed by atoms with van der Waals surface area (Å²) in [5.41, 5.74) is -0.234. The number of amides is 1. The van der Waals surface area contributed by atoms with Crippen molar-refractivity contribution in [3.05, 3.63) is 24.0 Å². The molecule has 0 saturated carbocycles. The van der Waals surface area contributed by atoms with E-state index in [9.17, 15) is 17.6 Å². The van der Waals surface area contributed by atoms with Crippen molar-refractivity contribution >= 4 is 21.6 Å². The second-order valence-electron chi connectivity index (χ2n) is 3.48. The molecule has 0 spiro atoms. The summed E-state index contributed by atoms with van der Waals surface area (Å²) in [5.74, 6) is -1.23. The average molecular weight is 276 g/mol. The van der Waals surface area contributed by atoms with Crippen molar-refractivity contribution in [2.75, 3.05) is 19.0 Å². The van der Waals surface area contributed by atoms with Gasteiger partial charge < -0.3 is 10.1 Å². The highest BCUT2D eigenvalue weighted by Crippen LogP contribution is 2.18. The van der Waals surface area contributed by atoms with Crippen molar-refractivity contribution in [3.8, 4) is 0 Å². The molecule has 1 rings (SSSR count). The Balaban J connectivity index is 2.92. The number of ether oxygens (including phenoxy) is 1. The van der Waals surface area contributed by atoms with E-state index in [-0.39, 0.29) is 23.6 Å². The molecule has 0 heterocycles. The summed E-state index contributed by atoms with van der Waals surface area (Å²) in [6.45, 7) is 0.183. The molecule has 3 N–H and O–H groups in total. The molecule has 1 amide bonds. The van der Waals surface area contributed by atoms with Gasteiger partial charge in [0.15, 0.2) is 0 Å². The lowest BCUT2D eigenvalue weighted by Crippen LogP contribution is -2.16. The number of methoxy groups -OCH3 is 1. The minimum Gasteiger partial charge on any atom is -0.384 e. The molecule has 0 aliphatic carbocycles. The first-order valence-electron chi connectivity index (χ1n) is 4.95. The van der Waals surface area contributed by atoms with Crippen molar-refractivity contribution in [1.82, 2.24) is 0 Å². The number of rotatable bonds is 5. The minimum absolute atomic E-state index is 0.0372. The number of halogens is 1. The molecule has 18 heavy (non-hydrogen) atoms. The topological polar surface area (TPSA) is 98.5 Å². The fourth-order valence-electron chi connectivity index (χ4n) is 1.18. The maximum atomic E-state index is 13.4. The zero-order valence-electron chi connectivity index (χ0n) is 9.64. The zero-order valence-corrected chi connectivity index (χ0v) is 10.5. The van der Waals surface area contributed by atoms with Gasteiger partial charge in [-0.15, -0.1) is 0 Å². The lowest BCUT2D eigenvalue weighted by atomic mass is 10.3. The van der Waals surface area contributed by atoms with Crippen LogP contribution in [0.3, 0.4) is 0 Å². The van der Waals surface area contributed by atoms with Crippen LogP contribution in [0.5, 0.6) is 0 Å². The predicted molar refractivity (Wildman–Crippen MR) is 62.9 cm³/mol. The number of sulfonamides is 1. The fraction of sp³-hybridized carbons (Fsp3) is 0.300. The Morgan fingerprint density at radius 1 is 1.50 bits per heavy atom. The third-order valence-corrected chi connectivity index (χ3v) is 2.98. The van der Waals surface area contributed by atoms with Crippen LogP contribution in [-0.4, -0.2) is 28.0 Å². The average Bonchev–Trinajstić information content (AvgIpc) is 2.28. The van der Waals surface area contributed by atoms with Gasteiger partial charge in [-0.3, -0.25) is 4.79 Å². The summed E-state index contributed by atoms with van der Waals surface area (Å²) in [7, 11) is -2.51. The predicted octanol–water partition coefficient (Wildman–Crippen LogP) is 0.448. The van der Waals surface area contributed by atoms with Crippen LogP contribution in [0, 0.1) is 5.82 Å². The standard InChI is InChI=1S/C10H13FN2O4S/c1-17-5-4-10(14)13-9-6-7(18(12,15)16)2-3-8(9)11/h2-3,6H,4-5H2,1H3,(H,13,14)(H2,12,15,16). The van der Waals surface area contributed by atoms with Crippen LogP contribution in [0.15, 0.2) is 23.1 Å². The molecule has 0 aromatic heterocycles. The van der Waals surface area contributed by atoms with Gasteiger partial charge in [0.25, 0.3) is 0 Å². The Kier molecular flexibility index (Phi) is 4.76. The number of nitrogens with one attached hydrogen (secondary N) is 1. The van der Waals surface area contributed by atoms with Gasteiger partial charge in [-0.05, 0) is 18.2 Å². The van der Waals surface area contributed by atoms with Gasteiger partial charge in [-0.25, -0.2) is 17.9 Å². The van der Waals surface area contributed by atoms with E-state index in [4.69, 9.17) is 5.14 Å². The zero-order chi connectivity index (χ0) is 13.8. The molecule has 100 valence electrons. The highest BCUT2D eigenvalue weighted by atomic mass is 32.2. The van der Waals surface area contributed by atoms with Crippen LogP contribution in [-0.2, 0) is 19.6 Å². The number of nitrogens with two attached hydrogens (primary N) is 1. The monoisotopic (exact) mass is 276 g/mol. The number of primary sulfonamides is 1. The van der Waals surface area contributed by atoms with Crippen molar-refractivity contribution in [2.45, 2.75) is 11.3 Å². The number of benzene rings is 1. The van der Waals surface area contributed by atoms with Gasteiger partial charge in [0.05, 0.1) is 23.6 Å². The molecule has 0 atom stereocenters. The third-order valence-electron chi connectivity index (χ3n) is 2.07. The van der Waals surface area contributed by atoms with Crippen molar-refractivity contribution in [1.29, 1.82) is 0 Å². The molecule has 0 aliphatic heterocycles. The van der Waals surface area contributed by atoms with E-state index in [0.717, 1.165) is 18.2 Å². The van der Waals surface area contributed by atoms with E-state index in [1.54, 1.807) is 0 Å². The Labute approximate surface area is 104 Å². The van der Waals surface area contributed by atoms with Crippen LogP contribution in [0.4, 0.5) is 10.1 Å². The van der Waals surface area contributed by atoms with Gasteiger partial charge in [-0.2, -0.15) is 0 Å². The summed E-state index contributed by atoms with van der Waals surface area (Å²) in [5, 5.41) is 7.15. The second-order valence-corrected chi connectivity index (χ2v) is 5.04. The lowest BCUT2D eigenvalue weighted by molar-refractivity contribution is -0.117. The summed E-state index contributed by atoms with van der Waals surface area (Å²) in [6.07, 6.45) is 0.0372. The number of carbonyl (C=O) groups is 1. The number of carbonyl (C=O) groups excluding carboxylic acids is 1. The molecule has 0 aliphatic rings. The molecule has 1 aromatic rings. The third kappa shape index (κ3) is 4.06. The number of hydrogen-bond donors (Lipinski definition) is 2. The van der Waals surface area contributed by atoms with Gasteiger partial charge in [0.2, 0.25) is 15.9 Å². The normalized spacial score (nSPS) is 11.3. The molecular formula is C10H13FN2O4S. The summed E-state index contributed by atoms with van der Waals surface area (Å²) < 4.78 is 40.2. The minimum atomic E-state index is -3.94. The van der Waals surface area contributed by atoms with Crippen molar-refractivity contribution in [3.63, 3.8) is 0 Å². The molecule has 0 saturated heterocycles. The summed E-state index contributed by atoms with van der Waals surface area (Å²) >= 11 is 0. The van der Waals surface area contributed by atoms with Gasteiger partial charge in [-0.1, -0.05) is 0 Å². The first-order valence-corrected chi connectivity index (χ1v) is 6.50. The molecular weight excluding hydrogens is 263 g/mol. The number of anilines is 1. The van der Waals surface area contributed by atoms with Crippen LogP contribution >= 0.6 is 0 Å². The maximum Gasteiger partial charge on any atom is 0.238 e. The van der Waals surface area contributed by atoms with Gasteiger partial charge >= 0.3 is 0 Å². The molecule has 0 unspecified atom stereocenters. The van der Waals surface area contributed by atoms with Crippen LogP contribution in [0.1, 0.15) is 6.42 Å². The molecule has 8 heteroatoms. The highest BCUT2D eigenvalue weighted by Gasteiger charge is 2.13. The molecule has 0 radical (unpaired) electrons. The fourth-order valence-corrected chi connectivity index (χ4v) is 1.72. The smallest absolute Gasteiger partial charge is 0.238 e. The van der Waals surface area contributed by atoms with Crippen LogP contribution in [0.25, 0.3) is 0 Å². The Morgan fingerprint density at radius 3 is 2.72 bits per heavy atom. The van der Waals surface area contributed by atoms with Gasteiger partial charge in [0.1, 0.15) is 5.82 Å². The van der Waals surface area contributed by atoms with Crippen LogP contribution in [0.2, 0.25) is 0 Å². The summed E-state index contributed by atoms with van der Waals surface area (Å²) in [6, 6.07) is 2.91.